The van der Waals surface area contributed by atoms with E-state index in [-0.39, 0.29) is 12.2 Å². The van der Waals surface area contributed by atoms with Gasteiger partial charge in [-0.3, -0.25) is 0 Å². The molecule has 0 saturated heterocycles. The molecule has 1 fully saturated rings. The van der Waals surface area contributed by atoms with Crippen LogP contribution in [-0.2, 0) is 4.74 Å². The van der Waals surface area contributed by atoms with Crippen molar-refractivity contribution in [3.63, 3.8) is 0 Å². The van der Waals surface area contributed by atoms with Crippen LogP contribution in [0.5, 0.6) is 0 Å². The first-order valence-electron chi connectivity index (χ1n) is 7.00. The molecule has 1 saturated carbocycles. The lowest BCUT2D eigenvalue weighted by molar-refractivity contribution is -0.0506. The quantitative estimate of drug-likeness (QED) is 0.729. The molecule has 96 valence electrons. The molecule has 0 radical (unpaired) electrons. The van der Waals surface area contributed by atoms with Gasteiger partial charge in [-0.25, -0.2) is 0 Å². The Morgan fingerprint density at radius 2 is 1.81 bits per heavy atom. The fourth-order valence-corrected chi connectivity index (χ4v) is 2.35. The standard InChI is InChI=1S/C14H28O2/c1-12(2)8-7-11-16-14-10-6-4-3-5-9-13(14)15/h12-15H,3-11H2,1-2H3. The molecule has 0 bridgehead atoms. The predicted octanol–water partition coefficient (Wildman–Crippen LogP) is 3.52. The number of rotatable bonds is 5. The minimum Gasteiger partial charge on any atom is -0.390 e. The molecular formula is C14H28O2. The summed E-state index contributed by atoms with van der Waals surface area (Å²) < 4.78 is 5.83. The average Bonchev–Trinajstić information content (AvgIpc) is 2.21. The van der Waals surface area contributed by atoms with Gasteiger partial charge in [0.2, 0.25) is 0 Å². The van der Waals surface area contributed by atoms with E-state index < -0.39 is 0 Å². The summed E-state index contributed by atoms with van der Waals surface area (Å²) in [4.78, 5) is 0. The fraction of sp³-hybridized carbons (Fsp3) is 1.00. The van der Waals surface area contributed by atoms with Gasteiger partial charge in [0.1, 0.15) is 0 Å². The van der Waals surface area contributed by atoms with E-state index >= 15 is 0 Å². The third-order valence-electron chi connectivity index (χ3n) is 3.43. The van der Waals surface area contributed by atoms with Crippen LogP contribution in [0.4, 0.5) is 0 Å². The lowest BCUT2D eigenvalue weighted by Crippen LogP contribution is -2.30. The Morgan fingerprint density at radius 3 is 2.50 bits per heavy atom. The van der Waals surface area contributed by atoms with Gasteiger partial charge in [-0.1, -0.05) is 39.5 Å². The summed E-state index contributed by atoms with van der Waals surface area (Å²) in [5.74, 6) is 0.755. The van der Waals surface area contributed by atoms with Gasteiger partial charge in [0.05, 0.1) is 12.2 Å². The highest BCUT2D eigenvalue weighted by Gasteiger charge is 2.20. The Bertz CT molecular complexity index is 168. The van der Waals surface area contributed by atoms with Crippen LogP contribution in [-0.4, -0.2) is 23.9 Å². The van der Waals surface area contributed by atoms with Crippen LogP contribution < -0.4 is 0 Å². The van der Waals surface area contributed by atoms with Gasteiger partial charge < -0.3 is 9.84 Å². The zero-order valence-corrected chi connectivity index (χ0v) is 11.0. The fourth-order valence-electron chi connectivity index (χ4n) is 2.35. The highest BCUT2D eigenvalue weighted by atomic mass is 16.5. The van der Waals surface area contributed by atoms with Crippen LogP contribution in [0.1, 0.15) is 65.2 Å². The van der Waals surface area contributed by atoms with E-state index in [0.29, 0.717) is 0 Å². The molecule has 1 N–H and O–H groups in total. The maximum atomic E-state index is 9.96. The van der Waals surface area contributed by atoms with Crippen LogP contribution in [0, 0.1) is 5.92 Å². The van der Waals surface area contributed by atoms with Gasteiger partial charge in [-0.2, -0.15) is 0 Å². The first-order chi connectivity index (χ1) is 7.70. The predicted molar refractivity (Wildman–Crippen MR) is 67.5 cm³/mol. The number of aliphatic hydroxyl groups excluding tert-OH is 1. The molecule has 2 nitrogen and oxygen atoms in total. The molecule has 0 heterocycles. The van der Waals surface area contributed by atoms with Gasteiger partial charge >= 0.3 is 0 Å². The SMILES string of the molecule is CC(C)CCCOC1CCCCCCC1O. The molecule has 1 rings (SSSR count). The maximum absolute atomic E-state index is 9.96. The summed E-state index contributed by atoms with van der Waals surface area (Å²) in [5.41, 5.74) is 0. The molecule has 2 atom stereocenters. The van der Waals surface area contributed by atoms with Crippen molar-refractivity contribution in [2.75, 3.05) is 6.61 Å². The van der Waals surface area contributed by atoms with Gasteiger partial charge in [0.25, 0.3) is 0 Å². The number of hydrogen-bond acceptors (Lipinski definition) is 2. The molecule has 2 heteroatoms. The van der Waals surface area contributed by atoms with E-state index in [1.54, 1.807) is 0 Å². The zero-order chi connectivity index (χ0) is 11.8. The van der Waals surface area contributed by atoms with Gasteiger partial charge in [-0.15, -0.1) is 0 Å². The number of ether oxygens (including phenoxy) is 1. The third-order valence-corrected chi connectivity index (χ3v) is 3.43. The third kappa shape index (κ3) is 5.86. The van der Waals surface area contributed by atoms with Crippen molar-refractivity contribution >= 4 is 0 Å². The van der Waals surface area contributed by atoms with E-state index in [1.165, 1.54) is 25.7 Å². The van der Waals surface area contributed by atoms with Gasteiger partial charge in [-0.05, 0) is 31.6 Å². The van der Waals surface area contributed by atoms with Crippen LogP contribution >= 0.6 is 0 Å². The molecule has 0 aromatic rings. The van der Waals surface area contributed by atoms with Crippen LogP contribution in [0.2, 0.25) is 0 Å². The van der Waals surface area contributed by atoms with E-state index in [9.17, 15) is 5.11 Å². The van der Waals surface area contributed by atoms with Crippen molar-refractivity contribution in [3.05, 3.63) is 0 Å². The lowest BCUT2D eigenvalue weighted by atomic mass is 9.96. The van der Waals surface area contributed by atoms with Crippen molar-refractivity contribution < 1.29 is 9.84 Å². The van der Waals surface area contributed by atoms with Crippen molar-refractivity contribution in [2.24, 2.45) is 5.92 Å². The number of aliphatic hydroxyl groups is 1. The smallest absolute Gasteiger partial charge is 0.0833 e. The molecule has 0 amide bonds. The monoisotopic (exact) mass is 228 g/mol. The molecule has 0 aromatic carbocycles. The number of hydrogen-bond donors (Lipinski definition) is 1. The highest BCUT2D eigenvalue weighted by Crippen LogP contribution is 2.20. The zero-order valence-electron chi connectivity index (χ0n) is 11.0. The first-order valence-corrected chi connectivity index (χ1v) is 7.00. The molecule has 1 aliphatic rings. The normalized spacial score (nSPS) is 27.8. The first kappa shape index (κ1) is 14.0. The molecule has 0 spiro atoms. The second-order valence-corrected chi connectivity index (χ2v) is 5.50. The Labute approximate surface area is 100 Å². The highest BCUT2D eigenvalue weighted by molar-refractivity contribution is 4.72. The Hall–Kier alpha value is -0.0800. The van der Waals surface area contributed by atoms with E-state index in [4.69, 9.17) is 4.74 Å². The second-order valence-electron chi connectivity index (χ2n) is 5.50. The minimum atomic E-state index is -0.223. The van der Waals surface area contributed by atoms with Gasteiger partial charge in [0, 0.05) is 6.61 Å². The van der Waals surface area contributed by atoms with Crippen molar-refractivity contribution in [1.29, 1.82) is 0 Å². The minimum absolute atomic E-state index is 0.104. The van der Waals surface area contributed by atoms with E-state index in [2.05, 4.69) is 13.8 Å². The van der Waals surface area contributed by atoms with Crippen molar-refractivity contribution in [3.8, 4) is 0 Å². The summed E-state index contributed by atoms with van der Waals surface area (Å²) in [6.45, 7) is 5.30. The summed E-state index contributed by atoms with van der Waals surface area (Å²) in [7, 11) is 0. The second kappa shape index (κ2) is 8.08. The Morgan fingerprint density at radius 1 is 1.12 bits per heavy atom. The molecule has 0 aromatic heterocycles. The summed E-state index contributed by atoms with van der Waals surface area (Å²) in [6, 6.07) is 0. The van der Waals surface area contributed by atoms with Crippen LogP contribution in [0.25, 0.3) is 0 Å². The van der Waals surface area contributed by atoms with E-state index in [0.717, 1.165) is 38.2 Å². The summed E-state index contributed by atoms with van der Waals surface area (Å²) in [5, 5.41) is 9.96. The van der Waals surface area contributed by atoms with E-state index in [1.807, 2.05) is 0 Å². The molecule has 16 heavy (non-hydrogen) atoms. The van der Waals surface area contributed by atoms with Crippen molar-refractivity contribution in [1.82, 2.24) is 0 Å². The lowest BCUT2D eigenvalue weighted by Gasteiger charge is -2.25. The maximum Gasteiger partial charge on any atom is 0.0833 e. The Balaban J connectivity index is 2.16. The Kier molecular flexibility index (Phi) is 7.06. The topological polar surface area (TPSA) is 29.5 Å². The van der Waals surface area contributed by atoms with Crippen molar-refractivity contribution in [2.45, 2.75) is 77.4 Å². The summed E-state index contributed by atoms with van der Waals surface area (Å²) >= 11 is 0. The molecular weight excluding hydrogens is 200 g/mol. The summed E-state index contributed by atoms with van der Waals surface area (Å²) in [6.07, 6.45) is 9.16. The van der Waals surface area contributed by atoms with Gasteiger partial charge in [0.15, 0.2) is 0 Å². The average molecular weight is 228 g/mol. The molecule has 1 aliphatic carbocycles. The largest absolute Gasteiger partial charge is 0.390 e. The molecule has 0 aliphatic heterocycles. The molecule has 2 unspecified atom stereocenters. The van der Waals surface area contributed by atoms with Crippen LogP contribution in [0.3, 0.4) is 0 Å². The van der Waals surface area contributed by atoms with Crippen LogP contribution in [0.15, 0.2) is 0 Å².